The van der Waals surface area contributed by atoms with Crippen LogP contribution in [0.1, 0.15) is 0 Å². The molecule has 0 N–H and O–H groups in total. The molecule has 3 heterocycles. The molecule has 0 saturated heterocycles. The van der Waals surface area contributed by atoms with Crippen LogP contribution in [0.25, 0.3) is 100 Å². The zero-order valence-electron chi connectivity index (χ0n) is 40.9. The molecule has 0 aliphatic carbocycles. The van der Waals surface area contributed by atoms with Gasteiger partial charge >= 0.3 is 353 Å². The second kappa shape index (κ2) is 18.6. The van der Waals surface area contributed by atoms with Crippen LogP contribution in [-0.2, 0) is 0 Å². The fraction of sp³-hybridized carbons (Fsp3) is 0. The molecule has 0 atom stereocenters. The van der Waals surface area contributed by atoms with Crippen molar-refractivity contribution in [2.24, 2.45) is 0 Å². The molecule has 352 valence electrons. The number of rotatable bonds is 10. The van der Waals surface area contributed by atoms with Crippen molar-refractivity contribution in [1.29, 1.82) is 0 Å². The van der Waals surface area contributed by atoms with Gasteiger partial charge in [0.1, 0.15) is 0 Å². The van der Waals surface area contributed by atoms with E-state index >= 15 is 0 Å². The number of hydrogen-bond donors (Lipinski definition) is 0. The van der Waals surface area contributed by atoms with Crippen molar-refractivity contribution < 1.29 is 0 Å². The van der Waals surface area contributed by atoms with E-state index in [0.29, 0.717) is 17.5 Å². The molecule has 0 aliphatic rings. The van der Waals surface area contributed by atoms with Crippen molar-refractivity contribution in [3.63, 3.8) is 0 Å². The Morgan fingerprint density at radius 1 is 0.253 bits per heavy atom. The fourth-order valence-corrected chi connectivity index (χ4v) is 21.6. The third kappa shape index (κ3) is 7.50. The van der Waals surface area contributed by atoms with Crippen molar-refractivity contribution in [1.82, 2.24) is 24.1 Å². The summed E-state index contributed by atoms with van der Waals surface area (Å²) in [7, 11) is 0. The Bertz CT molecular complexity index is 4190. The number of aromatic nitrogens is 5. The molecule has 0 fully saturated rings. The summed E-state index contributed by atoms with van der Waals surface area (Å²) in [6, 6.07) is 103. The summed E-state index contributed by atoms with van der Waals surface area (Å²) in [4.78, 5) is 16.0. The number of benzene rings is 11. The van der Waals surface area contributed by atoms with Crippen LogP contribution in [0.4, 0.5) is 0 Å². The van der Waals surface area contributed by atoms with E-state index in [1.54, 1.807) is 0 Å². The quantitative estimate of drug-likeness (QED) is 0.128. The Morgan fingerprint density at radius 3 is 1.19 bits per heavy atom. The average Bonchev–Trinajstić information content (AvgIpc) is 4.05. The van der Waals surface area contributed by atoms with Crippen LogP contribution in [0.15, 0.2) is 285 Å². The summed E-state index contributed by atoms with van der Waals surface area (Å²) >= 11 is -3.62. The molecule has 14 rings (SSSR count). The van der Waals surface area contributed by atoms with Gasteiger partial charge < -0.3 is 4.57 Å². The predicted molar refractivity (Wildman–Crippen MR) is 314 cm³/mol. The van der Waals surface area contributed by atoms with Gasteiger partial charge in [0.2, 0.25) is 0 Å². The van der Waals surface area contributed by atoms with Gasteiger partial charge in [-0.2, -0.15) is 0 Å². The standard InChI is InChI=1S/C69H47GeN5/c1-6-23-48(24-7-1)67-71-68(49-25-8-2-9-26-49)73-69(72-67)61-46-51(50-27-22-34-55(45-50)70(52-28-10-3-11-29-52,53-30-12-4-13-31-53)54-32-14-5-15-33-54)41-43-66(61)75-64-40-21-18-37-59(64)60-47-56(42-44-65(60)75)74-62-38-19-16-35-57(62)58-36-17-20-39-63(58)74/h1-47H. The molecule has 0 unspecified atom stereocenters. The number of nitrogens with zero attached hydrogens (tertiary/aromatic N) is 5. The summed E-state index contributed by atoms with van der Waals surface area (Å²) in [5.41, 5.74) is 11.5. The van der Waals surface area contributed by atoms with E-state index in [-0.39, 0.29) is 0 Å². The van der Waals surface area contributed by atoms with E-state index in [2.05, 4.69) is 258 Å². The van der Waals surface area contributed by atoms with E-state index in [9.17, 15) is 0 Å². The van der Waals surface area contributed by atoms with Gasteiger partial charge in [0.25, 0.3) is 0 Å². The fourth-order valence-electron chi connectivity index (χ4n) is 11.6. The number of fused-ring (bicyclic) bond motifs is 6. The maximum absolute atomic E-state index is 5.42. The summed E-state index contributed by atoms with van der Waals surface area (Å²) in [5.74, 6) is 1.82. The minimum absolute atomic E-state index is 0.591. The van der Waals surface area contributed by atoms with Gasteiger partial charge in [-0.15, -0.1) is 0 Å². The van der Waals surface area contributed by atoms with E-state index in [0.717, 1.165) is 61.0 Å². The van der Waals surface area contributed by atoms with Crippen LogP contribution in [0.5, 0.6) is 0 Å². The van der Waals surface area contributed by atoms with Gasteiger partial charge in [-0.3, -0.25) is 0 Å². The van der Waals surface area contributed by atoms with Crippen LogP contribution < -0.4 is 17.6 Å². The molecule has 5 nitrogen and oxygen atoms in total. The SMILES string of the molecule is c1ccc(-c2nc(-c3ccccc3)nc(-c3cc(-c4ccc[c]([Ge]([c]5ccccc5)([c]5ccccc5)[c]5ccccc5)c4)ccc3-n3c4ccccc4c4cc(-n5c6ccccc6c6ccccc65)ccc43)n2)cc1. The van der Waals surface area contributed by atoms with Gasteiger partial charge in [0.15, 0.2) is 0 Å². The second-order valence-electron chi connectivity index (χ2n) is 19.1. The van der Waals surface area contributed by atoms with Crippen molar-refractivity contribution in [3.8, 4) is 56.7 Å². The molecular weight excluding hydrogens is 971 g/mol. The normalized spacial score (nSPS) is 11.7. The van der Waals surface area contributed by atoms with E-state index < -0.39 is 13.3 Å². The van der Waals surface area contributed by atoms with Gasteiger partial charge in [0, 0.05) is 10.8 Å². The Labute approximate surface area is 437 Å². The van der Waals surface area contributed by atoms with Crippen LogP contribution in [0.3, 0.4) is 0 Å². The molecule has 75 heavy (non-hydrogen) atoms. The van der Waals surface area contributed by atoms with E-state index in [1.807, 2.05) is 36.4 Å². The van der Waals surface area contributed by atoms with Gasteiger partial charge in [-0.1, -0.05) is 48.5 Å². The first-order valence-corrected chi connectivity index (χ1v) is 29.7. The maximum atomic E-state index is 5.42. The van der Waals surface area contributed by atoms with Gasteiger partial charge in [-0.05, 0) is 12.1 Å². The minimum atomic E-state index is -3.62. The summed E-state index contributed by atoms with van der Waals surface area (Å²) in [5, 5.41) is 4.79. The zero-order valence-corrected chi connectivity index (χ0v) is 43.0. The summed E-state index contributed by atoms with van der Waals surface area (Å²) < 4.78 is 10.3. The van der Waals surface area contributed by atoms with Crippen molar-refractivity contribution in [3.05, 3.63) is 285 Å². The predicted octanol–water partition coefficient (Wildman–Crippen LogP) is 14.1. The molecule has 0 aliphatic heterocycles. The van der Waals surface area contributed by atoms with Gasteiger partial charge in [0.05, 0.1) is 11.0 Å². The Hall–Kier alpha value is -9.43. The first kappa shape index (κ1) is 44.3. The molecule has 0 radical (unpaired) electrons. The van der Waals surface area contributed by atoms with Gasteiger partial charge in [-0.25, -0.2) is 0 Å². The third-order valence-electron chi connectivity index (χ3n) is 14.9. The molecule has 3 aromatic heterocycles. The van der Waals surface area contributed by atoms with Crippen LogP contribution >= 0.6 is 0 Å². The molecule has 0 bridgehead atoms. The molecule has 0 saturated carbocycles. The topological polar surface area (TPSA) is 48.5 Å². The second-order valence-corrected chi connectivity index (χ2v) is 27.1. The molecule has 11 aromatic carbocycles. The monoisotopic (exact) mass is 1020 g/mol. The number of para-hydroxylation sites is 3. The zero-order chi connectivity index (χ0) is 49.7. The van der Waals surface area contributed by atoms with E-state index in [4.69, 9.17) is 15.0 Å². The Balaban J connectivity index is 1.03. The van der Waals surface area contributed by atoms with E-state index in [1.165, 1.54) is 39.4 Å². The van der Waals surface area contributed by atoms with Crippen LogP contribution in [0.2, 0.25) is 0 Å². The molecular formula is C69H47GeN5. The first-order chi connectivity index (χ1) is 37.2. The average molecular weight is 1020 g/mol. The molecule has 14 aromatic rings. The van der Waals surface area contributed by atoms with Crippen molar-refractivity contribution >= 4 is 74.5 Å². The summed E-state index contributed by atoms with van der Waals surface area (Å²) in [6.45, 7) is 0. The molecule has 6 heteroatoms. The summed E-state index contributed by atoms with van der Waals surface area (Å²) in [6.07, 6.45) is 0. The van der Waals surface area contributed by atoms with Crippen LogP contribution in [-0.4, -0.2) is 37.4 Å². The Morgan fingerprint density at radius 2 is 0.653 bits per heavy atom. The first-order valence-electron chi connectivity index (χ1n) is 25.5. The van der Waals surface area contributed by atoms with Crippen molar-refractivity contribution in [2.75, 3.05) is 0 Å². The molecule has 0 amide bonds. The van der Waals surface area contributed by atoms with Crippen molar-refractivity contribution in [2.45, 2.75) is 0 Å². The molecule has 0 spiro atoms. The number of hydrogen-bond acceptors (Lipinski definition) is 3. The Kier molecular flexibility index (Phi) is 11.0. The third-order valence-corrected chi connectivity index (χ3v) is 24.9. The van der Waals surface area contributed by atoms with Crippen LogP contribution in [0, 0.1) is 0 Å².